The van der Waals surface area contributed by atoms with Gasteiger partial charge in [0.25, 0.3) is 0 Å². The molecule has 1 aliphatic carbocycles. The van der Waals surface area contributed by atoms with Gasteiger partial charge in [0.2, 0.25) is 0 Å². The van der Waals surface area contributed by atoms with Crippen molar-refractivity contribution in [3.8, 4) is 23.1 Å². The van der Waals surface area contributed by atoms with Crippen LogP contribution in [0.15, 0.2) is 60.8 Å². The van der Waals surface area contributed by atoms with Crippen molar-refractivity contribution in [1.82, 2.24) is 10.5 Å². The van der Waals surface area contributed by atoms with E-state index in [0.29, 0.717) is 47.4 Å². The Balaban J connectivity index is 1.47. The molecule has 6 nitrogen and oxygen atoms in total. The zero-order valence-electron chi connectivity index (χ0n) is 21.8. The number of hydrogen-bond acceptors (Lipinski definition) is 6. The van der Waals surface area contributed by atoms with Crippen LogP contribution in [0, 0.1) is 17.2 Å². The molecule has 2 atom stereocenters. The topological polar surface area (TPSA) is 95.2 Å². The van der Waals surface area contributed by atoms with Gasteiger partial charge in [0.05, 0.1) is 17.9 Å². The van der Waals surface area contributed by atoms with Crippen molar-refractivity contribution in [1.29, 1.82) is 5.26 Å². The predicted molar refractivity (Wildman–Crippen MR) is 144 cm³/mol. The average molecular weight is 498 g/mol. The number of pyridine rings is 1. The Morgan fingerprint density at radius 2 is 2.03 bits per heavy atom. The first-order valence-corrected chi connectivity index (χ1v) is 13.0. The molecule has 0 spiro atoms. The van der Waals surface area contributed by atoms with Gasteiger partial charge in [0.15, 0.2) is 5.78 Å². The van der Waals surface area contributed by atoms with Crippen molar-refractivity contribution in [2.75, 3.05) is 6.61 Å². The summed E-state index contributed by atoms with van der Waals surface area (Å²) in [5.74, 6) is 1.37. The molecule has 0 fully saturated rings. The number of ether oxygens (including phenoxy) is 1. The van der Waals surface area contributed by atoms with E-state index in [2.05, 4.69) is 40.8 Å². The highest BCUT2D eigenvalue weighted by molar-refractivity contribution is 6.01. The number of benzene rings is 2. The van der Waals surface area contributed by atoms with E-state index in [1.165, 1.54) is 11.1 Å². The molecule has 37 heavy (non-hydrogen) atoms. The summed E-state index contributed by atoms with van der Waals surface area (Å²) >= 11 is 0. The molecule has 2 aromatic carbocycles. The van der Waals surface area contributed by atoms with E-state index >= 15 is 0 Å². The lowest BCUT2D eigenvalue weighted by molar-refractivity contribution is 0.0636. The highest BCUT2D eigenvalue weighted by atomic mass is 16.5. The van der Waals surface area contributed by atoms with E-state index in [-0.39, 0.29) is 11.3 Å². The molecular formula is C31H35N3O3. The van der Waals surface area contributed by atoms with Gasteiger partial charge in [-0.1, -0.05) is 37.3 Å². The van der Waals surface area contributed by atoms with Crippen molar-refractivity contribution < 1.29 is 14.7 Å². The van der Waals surface area contributed by atoms with Gasteiger partial charge in [0.1, 0.15) is 11.8 Å². The molecule has 0 saturated heterocycles. The number of nitriles is 1. The van der Waals surface area contributed by atoms with Crippen molar-refractivity contribution >= 4 is 5.78 Å². The number of carbonyl (C=O) groups excluding carboxylic acids is 1. The molecule has 1 heterocycles. The van der Waals surface area contributed by atoms with E-state index in [4.69, 9.17) is 4.74 Å². The zero-order valence-corrected chi connectivity index (χ0v) is 21.8. The Labute approximate surface area is 219 Å². The molecule has 0 radical (unpaired) electrons. The second-order valence-electron chi connectivity index (χ2n) is 10.5. The third kappa shape index (κ3) is 6.07. The van der Waals surface area contributed by atoms with Gasteiger partial charge in [-0.3, -0.25) is 9.78 Å². The van der Waals surface area contributed by atoms with Crippen molar-refractivity contribution in [2.45, 2.75) is 64.3 Å². The normalized spacial score (nSPS) is 16.7. The monoisotopic (exact) mass is 497 g/mol. The van der Waals surface area contributed by atoms with E-state index in [1.54, 1.807) is 24.4 Å². The minimum Gasteiger partial charge on any atom is -0.492 e. The molecule has 1 aromatic heterocycles. The first-order chi connectivity index (χ1) is 17.9. The first-order valence-electron chi connectivity index (χ1n) is 13.0. The number of ketones is 1. The third-order valence-electron chi connectivity index (χ3n) is 7.30. The lowest BCUT2D eigenvalue weighted by atomic mass is 9.81. The number of aromatic nitrogens is 1. The standard InChI is InChI=1S/C31H35N3O3/c1-4-28(35)27-11-7-15-33-30(27)22-13-14-23(20-32)29(18-22)37-16-8-12-26-24(19-31(2,3)34-36)17-21-9-5-6-10-25(21)26/h5-7,9-11,13-15,18,24,26,34,36H,4,8,12,16-17,19H2,1-3H3/t24-,26?/m1/s1. The molecule has 0 bridgehead atoms. The molecular weight excluding hydrogens is 462 g/mol. The molecule has 1 unspecified atom stereocenters. The van der Waals surface area contributed by atoms with E-state index < -0.39 is 0 Å². The molecule has 1 aliphatic rings. The van der Waals surface area contributed by atoms with Crippen LogP contribution in [0.1, 0.15) is 79.4 Å². The number of hydrogen-bond donors (Lipinski definition) is 2. The maximum atomic E-state index is 12.4. The summed E-state index contributed by atoms with van der Waals surface area (Å²) in [7, 11) is 0. The predicted octanol–water partition coefficient (Wildman–Crippen LogP) is 6.48. The molecule has 3 aromatic rings. The van der Waals surface area contributed by atoms with Gasteiger partial charge in [0, 0.05) is 29.3 Å². The lowest BCUT2D eigenvalue weighted by Gasteiger charge is -2.30. The van der Waals surface area contributed by atoms with Gasteiger partial charge in [-0.15, -0.1) is 0 Å². The highest BCUT2D eigenvalue weighted by Crippen LogP contribution is 2.44. The highest BCUT2D eigenvalue weighted by Gasteiger charge is 2.35. The molecule has 4 rings (SSSR count). The maximum Gasteiger partial charge on any atom is 0.164 e. The van der Waals surface area contributed by atoms with Crippen LogP contribution in [0.25, 0.3) is 11.3 Å². The summed E-state index contributed by atoms with van der Waals surface area (Å²) in [5.41, 5.74) is 7.30. The Morgan fingerprint density at radius 1 is 1.22 bits per heavy atom. The van der Waals surface area contributed by atoms with E-state index in [9.17, 15) is 15.3 Å². The maximum absolute atomic E-state index is 12.4. The van der Waals surface area contributed by atoms with E-state index in [0.717, 1.165) is 31.2 Å². The quantitative estimate of drug-likeness (QED) is 0.179. The Bertz CT molecular complexity index is 1290. The number of rotatable bonds is 11. The van der Waals surface area contributed by atoms with Crippen molar-refractivity contribution in [3.05, 3.63) is 83.0 Å². The minimum atomic E-state index is -0.354. The van der Waals surface area contributed by atoms with Gasteiger partial charge in [-0.05, 0) is 86.8 Å². The molecule has 192 valence electrons. The summed E-state index contributed by atoms with van der Waals surface area (Å²) < 4.78 is 6.13. The molecule has 6 heteroatoms. The minimum absolute atomic E-state index is 0.0286. The first kappa shape index (κ1) is 26.5. The molecule has 2 N–H and O–H groups in total. The van der Waals surface area contributed by atoms with Crippen LogP contribution in [-0.2, 0) is 6.42 Å². The van der Waals surface area contributed by atoms with Gasteiger partial charge in [-0.2, -0.15) is 5.26 Å². The number of carbonyl (C=O) groups is 1. The van der Waals surface area contributed by atoms with Crippen LogP contribution in [0.3, 0.4) is 0 Å². The fourth-order valence-corrected chi connectivity index (χ4v) is 5.48. The number of nitrogens with one attached hydrogen (secondary N) is 1. The van der Waals surface area contributed by atoms with Crippen LogP contribution in [0.4, 0.5) is 0 Å². The van der Waals surface area contributed by atoms with Crippen molar-refractivity contribution in [3.63, 3.8) is 0 Å². The van der Waals surface area contributed by atoms with E-state index in [1.807, 2.05) is 32.9 Å². The summed E-state index contributed by atoms with van der Waals surface area (Å²) in [5, 5.41) is 19.2. The summed E-state index contributed by atoms with van der Waals surface area (Å²) in [6.07, 6.45) is 5.74. The van der Waals surface area contributed by atoms with Gasteiger partial charge in [-0.25, -0.2) is 5.48 Å². The van der Waals surface area contributed by atoms with Gasteiger partial charge >= 0.3 is 0 Å². The van der Waals surface area contributed by atoms with Crippen LogP contribution >= 0.6 is 0 Å². The molecule has 0 saturated carbocycles. The lowest BCUT2D eigenvalue weighted by Crippen LogP contribution is -2.39. The van der Waals surface area contributed by atoms with Crippen LogP contribution in [-0.4, -0.2) is 28.1 Å². The van der Waals surface area contributed by atoms with Crippen LogP contribution in [0.5, 0.6) is 5.75 Å². The fraction of sp³-hybridized carbons (Fsp3) is 0.387. The second kappa shape index (κ2) is 11.7. The third-order valence-corrected chi connectivity index (χ3v) is 7.30. The number of nitrogens with zero attached hydrogens (tertiary/aromatic N) is 2. The second-order valence-corrected chi connectivity index (χ2v) is 10.5. The number of Topliss-reactive ketones (excluding diaryl/α,β-unsaturated/α-hetero) is 1. The summed E-state index contributed by atoms with van der Waals surface area (Å²) in [4.78, 5) is 16.9. The number of hydroxylamine groups is 1. The van der Waals surface area contributed by atoms with Crippen LogP contribution in [0.2, 0.25) is 0 Å². The fourth-order valence-electron chi connectivity index (χ4n) is 5.48. The molecule has 0 amide bonds. The van der Waals surface area contributed by atoms with Gasteiger partial charge < -0.3 is 9.94 Å². The Hall–Kier alpha value is -3.53. The summed E-state index contributed by atoms with van der Waals surface area (Å²) in [6.45, 7) is 6.36. The van der Waals surface area contributed by atoms with Crippen molar-refractivity contribution in [2.24, 2.45) is 5.92 Å². The zero-order chi connectivity index (χ0) is 26.4. The molecule has 0 aliphatic heterocycles. The number of fused-ring (bicyclic) bond motifs is 1. The largest absolute Gasteiger partial charge is 0.492 e. The Kier molecular flexibility index (Phi) is 8.38. The summed E-state index contributed by atoms with van der Waals surface area (Å²) in [6, 6.07) is 19.7. The van der Waals surface area contributed by atoms with Crippen LogP contribution < -0.4 is 10.2 Å². The SMILES string of the molecule is CCC(=O)c1cccnc1-c1ccc(C#N)c(OCCCC2c3ccccc3C[C@@H]2CC(C)(C)NO)c1. The Morgan fingerprint density at radius 3 is 2.78 bits per heavy atom. The average Bonchev–Trinajstić information content (AvgIpc) is 3.26. The smallest absolute Gasteiger partial charge is 0.164 e.